The third-order valence-electron chi connectivity index (χ3n) is 4.01. The molecule has 0 aliphatic rings. The van der Waals surface area contributed by atoms with Gasteiger partial charge in [0.25, 0.3) is 5.24 Å². The van der Waals surface area contributed by atoms with Gasteiger partial charge >= 0.3 is 5.97 Å². The Morgan fingerprint density at radius 1 is 1.14 bits per heavy atom. The van der Waals surface area contributed by atoms with Gasteiger partial charge in [0.15, 0.2) is 0 Å². The minimum Gasteiger partial charge on any atom is -0.463 e. The standard InChI is InChI=1S/C24H25NO3S/c1-3-5-11-18-29-24(27)25(19-20-12-7-6-8-13-20)22-15-10-9-14-21(22)16-17-23(26)28-4-2/h1,6-10,12-17H,4-5,11,18-19H2,2H3/b17-16+. The van der Waals surface area contributed by atoms with Gasteiger partial charge in [-0.15, -0.1) is 12.3 Å². The molecule has 0 bridgehead atoms. The average Bonchev–Trinajstić information content (AvgIpc) is 2.75. The molecule has 4 nitrogen and oxygen atoms in total. The van der Waals surface area contributed by atoms with Crippen LogP contribution in [0.15, 0.2) is 60.7 Å². The molecule has 2 aromatic carbocycles. The quantitative estimate of drug-likeness (QED) is 0.237. The number of nitrogens with zero attached hydrogens (tertiary/aromatic N) is 1. The van der Waals surface area contributed by atoms with Gasteiger partial charge in [0, 0.05) is 18.2 Å². The van der Waals surface area contributed by atoms with E-state index in [9.17, 15) is 9.59 Å². The molecule has 5 heteroatoms. The van der Waals surface area contributed by atoms with Crippen LogP contribution in [0.4, 0.5) is 10.5 Å². The molecule has 0 spiro atoms. The molecule has 2 rings (SSSR count). The summed E-state index contributed by atoms with van der Waals surface area (Å²) >= 11 is 1.26. The Bertz CT molecular complexity index is 871. The molecule has 0 unspecified atom stereocenters. The monoisotopic (exact) mass is 407 g/mol. The van der Waals surface area contributed by atoms with Gasteiger partial charge in [-0.1, -0.05) is 60.3 Å². The number of benzene rings is 2. The summed E-state index contributed by atoms with van der Waals surface area (Å²) in [5.41, 5.74) is 2.54. The van der Waals surface area contributed by atoms with E-state index in [-0.39, 0.29) is 5.24 Å². The number of para-hydroxylation sites is 1. The first-order valence-corrected chi connectivity index (χ1v) is 10.5. The van der Waals surface area contributed by atoms with Crippen LogP contribution >= 0.6 is 11.8 Å². The van der Waals surface area contributed by atoms with Crippen molar-refractivity contribution in [2.45, 2.75) is 26.3 Å². The van der Waals surface area contributed by atoms with Crippen molar-refractivity contribution in [1.29, 1.82) is 0 Å². The number of esters is 1. The van der Waals surface area contributed by atoms with Crippen LogP contribution in [-0.2, 0) is 16.1 Å². The molecule has 0 saturated heterocycles. The average molecular weight is 408 g/mol. The van der Waals surface area contributed by atoms with Crippen molar-refractivity contribution in [2.24, 2.45) is 0 Å². The lowest BCUT2D eigenvalue weighted by atomic mass is 10.1. The second kappa shape index (κ2) is 12.5. The number of ether oxygens (including phenoxy) is 1. The van der Waals surface area contributed by atoms with E-state index in [1.165, 1.54) is 17.8 Å². The van der Waals surface area contributed by atoms with E-state index in [1.807, 2.05) is 54.6 Å². The van der Waals surface area contributed by atoms with Crippen LogP contribution in [0.1, 0.15) is 30.9 Å². The molecular formula is C24H25NO3S. The number of thioether (sulfide) groups is 1. The number of unbranched alkanes of at least 4 members (excludes halogenated alkanes) is 1. The van der Waals surface area contributed by atoms with Crippen LogP contribution in [0.2, 0.25) is 0 Å². The molecule has 0 N–H and O–H groups in total. The molecule has 29 heavy (non-hydrogen) atoms. The second-order valence-corrected chi connectivity index (χ2v) is 7.18. The summed E-state index contributed by atoms with van der Waals surface area (Å²) in [6.45, 7) is 2.52. The lowest BCUT2D eigenvalue weighted by molar-refractivity contribution is -0.137. The second-order valence-electron chi connectivity index (χ2n) is 6.14. The van der Waals surface area contributed by atoms with E-state index in [0.717, 1.165) is 23.2 Å². The van der Waals surface area contributed by atoms with Crippen LogP contribution in [0, 0.1) is 12.3 Å². The number of amides is 1. The summed E-state index contributed by atoms with van der Waals surface area (Å²) in [5, 5.41) is -0.0529. The molecule has 0 radical (unpaired) electrons. The molecule has 0 atom stereocenters. The van der Waals surface area contributed by atoms with E-state index >= 15 is 0 Å². The lowest BCUT2D eigenvalue weighted by Crippen LogP contribution is -2.27. The molecule has 2 aromatic rings. The highest BCUT2D eigenvalue weighted by molar-refractivity contribution is 8.13. The van der Waals surface area contributed by atoms with E-state index in [2.05, 4.69) is 5.92 Å². The van der Waals surface area contributed by atoms with Crippen molar-refractivity contribution < 1.29 is 14.3 Å². The highest BCUT2D eigenvalue weighted by Crippen LogP contribution is 2.27. The first-order chi connectivity index (χ1) is 14.2. The maximum atomic E-state index is 13.0. The normalized spacial score (nSPS) is 10.5. The van der Waals surface area contributed by atoms with Gasteiger partial charge < -0.3 is 4.74 Å². The largest absolute Gasteiger partial charge is 0.463 e. The van der Waals surface area contributed by atoms with E-state index < -0.39 is 5.97 Å². The number of hydrogen-bond acceptors (Lipinski definition) is 4. The van der Waals surface area contributed by atoms with E-state index in [0.29, 0.717) is 25.3 Å². The summed E-state index contributed by atoms with van der Waals surface area (Å²) < 4.78 is 4.96. The summed E-state index contributed by atoms with van der Waals surface area (Å²) in [4.78, 5) is 26.5. The fourth-order valence-corrected chi connectivity index (χ4v) is 3.43. The smallest absolute Gasteiger partial charge is 0.330 e. The summed E-state index contributed by atoms with van der Waals surface area (Å²) in [6, 6.07) is 17.3. The molecule has 0 aliphatic carbocycles. The third-order valence-corrected chi connectivity index (χ3v) is 4.97. The zero-order valence-electron chi connectivity index (χ0n) is 16.5. The summed E-state index contributed by atoms with van der Waals surface area (Å²) in [7, 11) is 0. The molecule has 1 amide bonds. The Morgan fingerprint density at radius 3 is 2.59 bits per heavy atom. The number of anilines is 1. The summed E-state index contributed by atoms with van der Waals surface area (Å²) in [5.74, 6) is 2.85. The number of carbonyl (C=O) groups is 2. The molecule has 0 saturated carbocycles. The molecular weight excluding hydrogens is 382 g/mol. The van der Waals surface area contributed by atoms with Crippen LogP contribution in [0.25, 0.3) is 6.08 Å². The van der Waals surface area contributed by atoms with Gasteiger partial charge in [-0.05, 0) is 36.6 Å². The fraction of sp³-hybridized carbons (Fsp3) is 0.250. The first kappa shape index (κ1) is 22.3. The summed E-state index contributed by atoms with van der Waals surface area (Å²) in [6.07, 6.45) is 9.80. The van der Waals surface area contributed by atoms with Crippen LogP contribution in [0.3, 0.4) is 0 Å². The van der Waals surface area contributed by atoms with Gasteiger partial charge in [-0.25, -0.2) is 4.79 Å². The van der Waals surface area contributed by atoms with Crippen molar-refractivity contribution in [2.75, 3.05) is 17.3 Å². The van der Waals surface area contributed by atoms with Crippen LogP contribution in [0.5, 0.6) is 0 Å². The first-order valence-electron chi connectivity index (χ1n) is 9.51. The van der Waals surface area contributed by atoms with Crippen molar-refractivity contribution in [3.8, 4) is 12.3 Å². The molecule has 0 heterocycles. The van der Waals surface area contributed by atoms with Crippen molar-refractivity contribution >= 4 is 34.7 Å². The Kier molecular flexibility index (Phi) is 9.61. The van der Waals surface area contributed by atoms with Gasteiger partial charge in [0.2, 0.25) is 0 Å². The molecule has 0 aromatic heterocycles. The van der Waals surface area contributed by atoms with Crippen molar-refractivity contribution in [3.05, 3.63) is 71.8 Å². The predicted molar refractivity (Wildman–Crippen MR) is 121 cm³/mol. The van der Waals surface area contributed by atoms with Crippen molar-refractivity contribution in [3.63, 3.8) is 0 Å². The van der Waals surface area contributed by atoms with Gasteiger partial charge in [0.05, 0.1) is 18.8 Å². The lowest BCUT2D eigenvalue weighted by Gasteiger charge is -2.24. The molecule has 150 valence electrons. The van der Waals surface area contributed by atoms with Gasteiger partial charge in [-0.3, -0.25) is 9.69 Å². The molecule has 0 aliphatic heterocycles. The minimum atomic E-state index is -0.410. The third kappa shape index (κ3) is 7.52. The van der Waals surface area contributed by atoms with E-state index in [1.54, 1.807) is 17.9 Å². The van der Waals surface area contributed by atoms with Gasteiger partial charge in [-0.2, -0.15) is 0 Å². The minimum absolute atomic E-state index is 0.0529. The SMILES string of the molecule is C#CCCCSC(=O)N(Cc1ccccc1)c1ccccc1/C=C/C(=O)OCC. The number of hydrogen-bond donors (Lipinski definition) is 0. The number of rotatable bonds is 9. The zero-order chi connectivity index (χ0) is 20.9. The Hall–Kier alpha value is -2.97. The Labute approximate surface area is 176 Å². The zero-order valence-corrected chi connectivity index (χ0v) is 17.4. The topological polar surface area (TPSA) is 46.6 Å². The fourth-order valence-electron chi connectivity index (χ4n) is 2.65. The van der Waals surface area contributed by atoms with Crippen molar-refractivity contribution in [1.82, 2.24) is 0 Å². The van der Waals surface area contributed by atoms with E-state index in [4.69, 9.17) is 11.2 Å². The van der Waals surface area contributed by atoms with Crippen LogP contribution < -0.4 is 4.90 Å². The highest BCUT2D eigenvalue weighted by atomic mass is 32.2. The number of terminal acetylenes is 1. The number of carbonyl (C=O) groups excluding carboxylic acids is 2. The maximum absolute atomic E-state index is 13.0. The van der Waals surface area contributed by atoms with Crippen LogP contribution in [-0.4, -0.2) is 23.6 Å². The van der Waals surface area contributed by atoms with Gasteiger partial charge in [0.1, 0.15) is 0 Å². The Balaban J connectivity index is 2.29. The molecule has 0 fully saturated rings. The maximum Gasteiger partial charge on any atom is 0.330 e. The Morgan fingerprint density at radius 2 is 1.86 bits per heavy atom. The highest BCUT2D eigenvalue weighted by Gasteiger charge is 2.19. The predicted octanol–water partition coefficient (Wildman–Crippen LogP) is 5.54.